The lowest BCUT2D eigenvalue weighted by molar-refractivity contribution is -0.148. The van der Waals surface area contributed by atoms with Crippen LogP contribution >= 0.6 is 0 Å². The standard InChI is InChI=1S/C41H53NO3/c1-5-6-7-8-9-10-11-12-13-14-15-16-17-18-19-20-21-28-33-40(44)45-35-39(43)41(34-36(2)42(3)4,37-29-24-22-25-30-37)38-31-26-23-27-32-38/h6-7,9-10,12-13,15-16,18-19,21-32,36H,5,8,11,14,17,20,33-35H2,1-4H3/b7-6-,10-9-,13-12-,16-15-,19-18-,28-21-. The van der Waals surface area contributed by atoms with Crippen LogP contribution < -0.4 is 0 Å². The van der Waals surface area contributed by atoms with E-state index in [1.807, 2.05) is 86.9 Å². The first-order valence-corrected chi connectivity index (χ1v) is 16.3. The van der Waals surface area contributed by atoms with E-state index >= 15 is 0 Å². The SMILES string of the molecule is CC/C=C\C/C=C\C/C=C\C/C=C\C/C=C\C/C=C\CC(=O)OCC(=O)C(CC(C)N(C)C)(c1ccccc1)c1ccccc1. The fourth-order valence-corrected chi connectivity index (χ4v) is 4.94. The number of hydrogen-bond donors (Lipinski definition) is 0. The Morgan fingerprint density at radius 1 is 0.667 bits per heavy atom. The quantitative estimate of drug-likeness (QED) is 0.105. The second-order valence-electron chi connectivity index (χ2n) is 11.4. The van der Waals surface area contributed by atoms with Crippen LogP contribution in [0.15, 0.2) is 134 Å². The third kappa shape index (κ3) is 14.1. The van der Waals surface area contributed by atoms with Gasteiger partial charge in [-0.2, -0.15) is 0 Å². The number of carbonyl (C=O) groups is 2. The van der Waals surface area contributed by atoms with Gasteiger partial charge in [0.2, 0.25) is 0 Å². The monoisotopic (exact) mass is 607 g/mol. The molecule has 2 aromatic carbocycles. The summed E-state index contributed by atoms with van der Waals surface area (Å²) >= 11 is 0. The molecule has 0 spiro atoms. The number of Topliss-reactive ketones (excluding diaryl/α,β-unsaturated/α-hetero) is 1. The second kappa shape index (κ2) is 22.5. The molecule has 0 heterocycles. The minimum atomic E-state index is -0.930. The van der Waals surface area contributed by atoms with Crippen LogP contribution in [0.4, 0.5) is 0 Å². The summed E-state index contributed by atoms with van der Waals surface area (Å²) in [6.45, 7) is 3.99. The highest BCUT2D eigenvalue weighted by atomic mass is 16.5. The fraction of sp³-hybridized carbons (Fsp3) is 0.366. The Balaban J connectivity index is 1.82. The molecule has 0 bridgehead atoms. The predicted molar refractivity (Wildman–Crippen MR) is 190 cm³/mol. The van der Waals surface area contributed by atoms with Crippen LogP contribution in [-0.4, -0.2) is 43.4 Å². The third-order valence-corrected chi connectivity index (χ3v) is 7.74. The van der Waals surface area contributed by atoms with Crippen LogP contribution in [0.1, 0.15) is 76.3 Å². The Morgan fingerprint density at radius 2 is 1.07 bits per heavy atom. The summed E-state index contributed by atoms with van der Waals surface area (Å²) in [5.74, 6) is -0.524. The molecule has 240 valence electrons. The zero-order valence-electron chi connectivity index (χ0n) is 27.8. The van der Waals surface area contributed by atoms with Crippen LogP contribution in [0.3, 0.4) is 0 Å². The lowest BCUT2D eigenvalue weighted by Crippen LogP contribution is -2.45. The van der Waals surface area contributed by atoms with E-state index in [0.29, 0.717) is 6.42 Å². The van der Waals surface area contributed by atoms with E-state index in [0.717, 1.165) is 49.7 Å². The molecule has 0 radical (unpaired) electrons. The highest BCUT2D eigenvalue weighted by Crippen LogP contribution is 2.38. The van der Waals surface area contributed by atoms with Gasteiger partial charge in [-0.15, -0.1) is 0 Å². The van der Waals surface area contributed by atoms with Gasteiger partial charge in [-0.1, -0.05) is 140 Å². The molecule has 1 atom stereocenters. The molecule has 2 aromatic rings. The molecule has 4 nitrogen and oxygen atoms in total. The van der Waals surface area contributed by atoms with E-state index in [2.05, 4.69) is 79.5 Å². The molecule has 0 saturated heterocycles. The first kappa shape index (κ1) is 37.2. The molecule has 0 saturated carbocycles. The van der Waals surface area contributed by atoms with Crippen molar-refractivity contribution in [3.05, 3.63) is 145 Å². The van der Waals surface area contributed by atoms with E-state index in [1.165, 1.54) is 0 Å². The molecule has 0 aliphatic heterocycles. The summed E-state index contributed by atoms with van der Waals surface area (Å²) in [7, 11) is 4.03. The average molecular weight is 608 g/mol. The Kier molecular flexibility index (Phi) is 18.6. The maximum Gasteiger partial charge on any atom is 0.310 e. The van der Waals surface area contributed by atoms with E-state index in [4.69, 9.17) is 4.74 Å². The smallest absolute Gasteiger partial charge is 0.310 e. The van der Waals surface area contributed by atoms with Crippen molar-refractivity contribution in [3.63, 3.8) is 0 Å². The molecule has 4 heteroatoms. The fourth-order valence-electron chi connectivity index (χ4n) is 4.94. The molecule has 0 N–H and O–H groups in total. The number of ether oxygens (including phenoxy) is 1. The molecule has 0 amide bonds. The molecule has 2 rings (SSSR count). The van der Waals surface area contributed by atoms with Crippen molar-refractivity contribution in [2.75, 3.05) is 20.7 Å². The van der Waals surface area contributed by atoms with Gasteiger partial charge in [0.05, 0.1) is 11.8 Å². The van der Waals surface area contributed by atoms with Gasteiger partial charge in [0, 0.05) is 6.04 Å². The number of benzene rings is 2. The normalized spacial score (nSPS) is 13.4. The van der Waals surface area contributed by atoms with Crippen molar-refractivity contribution >= 4 is 11.8 Å². The van der Waals surface area contributed by atoms with Crippen molar-refractivity contribution in [2.24, 2.45) is 0 Å². The largest absolute Gasteiger partial charge is 0.457 e. The van der Waals surface area contributed by atoms with Crippen LogP contribution in [0.25, 0.3) is 0 Å². The summed E-state index contributed by atoms with van der Waals surface area (Å²) in [5, 5.41) is 0. The summed E-state index contributed by atoms with van der Waals surface area (Å²) in [6, 6.07) is 19.8. The molecule has 1 unspecified atom stereocenters. The minimum Gasteiger partial charge on any atom is -0.457 e. The van der Waals surface area contributed by atoms with Crippen LogP contribution in [0.2, 0.25) is 0 Å². The van der Waals surface area contributed by atoms with Gasteiger partial charge in [-0.3, -0.25) is 9.59 Å². The van der Waals surface area contributed by atoms with Crippen molar-refractivity contribution in [2.45, 2.75) is 76.7 Å². The Bertz CT molecular complexity index is 1240. The summed E-state index contributed by atoms with van der Waals surface area (Å²) in [5.41, 5.74) is 0.881. The number of nitrogens with zero attached hydrogens (tertiary/aromatic N) is 1. The van der Waals surface area contributed by atoms with Crippen molar-refractivity contribution < 1.29 is 14.3 Å². The molecular weight excluding hydrogens is 554 g/mol. The number of rotatable bonds is 21. The number of carbonyl (C=O) groups excluding carboxylic acids is 2. The van der Waals surface area contributed by atoms with Gasteiger partial charge in [0.25, 0.3) is 0 Å². The number of hydrogen-bond acceptors (Lipinski definition) is 4. The zero-order valence-corrected chi connectivity index (χ0v) is 27.8. The van der Waals surface area contributed by atoms with Gasteiger partial charge in [0.1, 0.15) is 0 Å². The van der Waals surface area contributed by atoms with E-state index in [9.17, 15) is 9.59 Å². The van der Waals surface area contributed by atoms with Crippen molar-refractivity contribution in [1.29, 1.82) is 0 Å². The highest BCUT2D eigenvalue weighted by Gasteiger charge is 2.43. The van der Waals surface area contributed by atoms with Gasteiger partial charge in [-0.05, 0) is 77.1 Å². The van der Waals surface area contributed by atoms with E-state index in [-0.39, 0.29) is 24.9 Å². The van der Waals surface area contributed by atoms with Gasteiger partial charge < -0.3 is 9.64 Å². The lowest BCUT2D eigenvalue weighted by atomic mass is 9.67. The lowest BCUT2D eigenvalue weighted by Gasteiger charge is -2.37. The summed E-state index contributed by atoms with van der Waals surface area (Å²) < 4.78 is 5.54. The Hall–Kier alpha value is -4.02. The topological polar surface area (TPSA) is 46.6 Å². The predicted octanol–water partition coefficient (Wildman–Crippen LogP) is 9.51. The van der Waals surface area contributed by atoms with E-state index in [1.54, 1.807) is 0 Å². The molecule has 0 aromatic heterocycles. The first-order chi connectivity index (χ1) is 21.9. The number of ketones is 1. The maximum absolute atomic E-state index is 14.0. The summed E-state index contributed by atoms with van der Waals surface area (Å²) in [4.78, 5) is 28.7. The number of allylic oxidation sites excluding steroid dienone is 11. The average Bonchev–Trinajstić information content (AvgIpc) is 3.06. The van der Waals surface area contributed by atoms with Crippen molar-refractivity contribution in [3.8, 4) is 0 Å². The van der Waals surface area contributed by atoms with Crippen LogP contribution in [-0.2, 0) is 19.7 Å². The molecule has 0 aliphatic rings. The highest BCUT2D eigenvalue weighted by molar-refractivity contribution is 5.96. The molecule has 0 fully saturated rings. The maximum atomic E-state index is 14.0. The molecule has 45 heavy (non-hydrogen) atoms. The van der Waals surface area contributed by atoms with Gasteiger partial charge in [0.15, 0.2) is 12.4 Å². The minimum absolute atomic E-state index is 0.115. The Labute approximate surface area is 272 Å². The van der Waals surface area contributed by atoms with Crippen molar-refractivity contribution in [1.82, 2.24) is 4.90 Å². The third-order valence-electron chi connectivity index (χ3n) is 7.74. The Morgan fingerprint density at radius 3 is 1.47 bits per heavy atom. The second-order valence-corrected chi connectivity index (χ2v) is 11.4. The van der Waals surface area contributed by atoms with Gasteiger partial charge >= 0.3 is 5.97 Å². The van der Waals surface area contributed by atoms with Crippen LogP contribution in [0, 0.1) is 0 Å². The number of esters is 1. The zero-order chi connectivity index (χ0) is 32.6. The van der Waals surface area contributed by atoms with Crippen LogP contribution in [0.5, 0.6) is 0 Å². The van der Waals surface area contributed by atoms with Gasteiger partial charge in [-0.25, -0.2) is 0 Å². The molecular formula is C41H53NO3. The molecule has 0 aliphatic carbocycles. The first-order valence-electron chi connectivity index (χ1n) is 16.3. The van der Waals surface area contributed by atoms with E-state index < -0.39 is 11.4 Å². The summed E-state index contributed by atoms with van der Waals surface area (Å²) in [6.07, 6.45) is 31.8.